The van der Waals surface area contributed by atoms with Crippen LogP contribution in [0.1, 0.15) is 55.4 Å². The van der Waals surface area contributed by atoms with E-state index in [0.29, 0.717) is 19.4 Å². The number of carbonyl (C=O) groups excluding carboxylic acids is 1. The van der Waals surface area contributed by atoms with Crippen molar-refractivity contribution in [3.8, 4) is 10.6 Å². The van der Waals surface area contributed by atoms with Gasteiger partial charge in [0.05, 0.1) is 31.2 Å². The maximum atomic E-state index is 13.1. The van der Waals surface area contributed by atoms with E-state index >= 15 is 0 Å². The molecule has 2 aliphatic rings. The molecule has 6 nitrogen and oxygen atoms in total. The zero-order valence-corrected chi connectivity index (χ0v) is 20.5. The molecular formula is C27H32N2O4S. The molecule has 1 saturated carbocycles. The van der Waals surface area contributed by atoms with E-state index in [0.717, 1.165) is 34.9 Å². The smallest absolute Gasteiger partial charge is 0.221 e. The van der Waals surface area contributed by atoms with Crippen LogP contribution >= 0.6 is 11.3 Å². The van der Waals surface area contributed by atoms with E-state index in [9.17, 15) is 15.0 Å². The van der Waals surface area contributed by atoms with Crippen LogP contribution in [-0.2, 0) is 17.8 Å². The summed E-state index contributed by atoms with van der Waals surface area (Å²) < 4.78 is 5.36. The molecule has 7 heteroatoms. The second-order valence-corrected chi connectivity index (χ2v) is 11.4. The van der Waals surface area contributed by atoms with Gasteiger partial charge >= 0.3 is 0 Å². The monoisotopic (exact) mass is 480 g/mol. The van der Waals surface area contributed by atoms with E-state index in [2.05, 4.69) is 24.4 Å². The molecule has 180 valence electrons. The second-order valence-electron chi connectivity index (χ2n) is 10.3. The molecule has 1 amide bonds. The molecule has 1 fully saturated rings. The summed E-state index contributed by atoms with van der Waals surface area (Å²) in [4.78, 5) is 19.4. The van der Waals surface area contributed by atoms with Crippen molar-refractivity contribution in [1.82, 2.24) is 10.3 Å². The van der Waals surface area contributed by atoms with Crippen molar-refractivity contribution in [2.75, 3.05) is 6.61 Å². The normalized spacial score (nSPS) is 30.4. The molecule has 2 heterocycles. The van der Waals surface area contributed by atoms with Crippen LogP contribution in [0.3, 0.4) is 0 Å². The Hall–Kier alpha value is -2.48. The van der Waals surface area contributed by atoms with Crippen LogP contribution in [0.4, 0.5) is 0 Å². The predicted molar refractivity (Wildman–Crippen MR) is 131 cm³/mol. The molecule has 5 unspecified atom stereocenters. The highest BCUT2D eigenvalue weighted by Gasteiger charge is 2.59. The molecule has 1 aromatic carbocycles. The fourth-order valence-corrected chi connectivity index (χ4v) is 7.38. The van der Waals surface area contributed by atoms with Crippen LogP contribution in [0.25, 0.3) is 10.6 Å². The largest absolute Gasteiger partial charge is 0.467 e. The van der Waals surface area contributed by atoms with Crippen molar-refractivity contribution in [3.63, 3.8) is 0 Å². The third kappa shape index (κ3) is 3.89. The van der Waals surface area contributed by atoms with Gasteiger partial charge in [0.25, 0.3) is 0 Å². The van der Waals surface area contributed by atoms with Gasteiger partial charge in [-0.1, -0.05) is 44.2 Å². The van der Waals surface area contributed by atoms with E-state index in [1.807, 2.05) is 37.3 Å². The Labute approximate surface area is 204 Å². The van der Waals surface area contributed by atoms with Gasteiger partial charge in [-0.15, -0.1) is 11.3 Å². The van der Waals surface area contributed by atoms with Gasteiger partial charge in [-0.25, -0.2) is 4.98 Å². The molecule has 2 aromatic heterocycles. The first-order chi connectivity index (χ1) is 16.3. The summed E-state index contributed by atoms with van der Waals surface area (Å²) in [5.74, 6) is 0.633. The lowest BCUT2D eigenvalue weighted by Crippen LogP contribution is -2.57. The number of hydrogen-bond donors (Lipinski definition) is 3. The van der Waals surface area contributed by atoms with Crippen molar-refractivity contribution in [2.45, 2.75) is 58.1 Å². The molecular weight excluding hydrogens is 448 g/mol. The van der Waals surface area contributed by atoms with Gasteiger partial charge in [0.2, 0.25) is 5.91 Å². The Morgan fingerprint density at radius 3 is 2.74 bits per heavy atom. The SMILES string of the molecule is CC1(CO)C(O)CCC2(C)C(CC(=O)NCc3ccco3)c3nc(-c4ccccc4)sc3CC12. The van der Waals surface area contributed by atoms with Gasteiger partial charge in [0, 0.05) is 28.2 Å². The highest BCUT2D eigenvalue weighted by Crippen LogP contribution is 2.62. The minimum atomic E-state index is -0.621. The number of rotatable bonds is 6. The van der Waals surface area contributed by atoms with E-state index < -0.39 is 11.5 Å². The molecule has 0 bridgehead atoms. The first-order valence-corrected chi connectivity index (χ1v) is 12.8. The van der Waals surface area contributed by atoms with Crippen molar-refractivity contribution >= 4 is 17.2 Å². The molecule has 5 atom stereocenters. The number of thiazole rings is 1. The topological polar surface area (TPSA) is 95.6 Å². The number of carbonyl (C=O) groups is 1. The van der Waals surface area contributed by atoms with E-state index in [-0.39, 0.29) is 29.8 Å². The molecule has 0 aliphatic heterocycles. The summed E-state index contributed by atoms with van der Waals surface area (Å²) in [5.41, 5.74) is 1.20. The van der Waals surface area contributed by atoms with Crippen LogP contribution in [0, 0.1) is 16.7 Å². The predicted octanol–water partition coefficient (Wildman–Crippen LogP) is 4.53. The number of furan rings is 1. The number of aromatic nitrogens is 1. The van der Waals surface area contributed by atoms with Crippen LogP contribution in [0.2, 0.25) is 0 Å². The number of aliphatic hydroxyl groups excluding tert-OH is 2. The number of fused-ring (bicyclic) bond motifs is 2. The third-order valence-corrected chi connectivity index (χ3v) is 9.49. The average Bonchev–Trinajstić information content (AvgIpc) is 3.52. The summed E-state index contributed by atoms with van der Waals surface area (Å²) in [6.45, 7) is 4.50. The highest BCUT2D eigenvalue weighted by molar-refractivity contribution is 7.15. The average molecular weight is 481 g/mol. The quantitative estimate of drug-likeness (QED) is 0.482. The number of nitrogens with one attached hydrogen (secondary N) is 1. The van der Waals surface area contributed by atoms with Crippen molar-refractivity contribution in [1.29, 1.82) is 0 Å². The summed E-state index contributed by atoms with van der Waals surface area (Å²) >= 11 is 1.68. The zero-order valence-electron chi connectivity index (χ0n) is 19.7. The standard InChI is InChI=1S/C27H32N2O4S/c1-26-11-10-22(31)27(2,16-30)21(26)14-20-24(29-25(34-20)17-7-4-3-5-8-17)19(26)13-23(32)28-15-18-9-6-12-33-18/h3-9,12,19,21-22,30-31H,10-11,13-16H2,1-2H3,(H,28,32). The zero-order chi connectivity index (χ0) is 23.9. The van der Waals surface area contributed by atoms with Crippen LogP contribution < -0.4 is 5.32 Å². The van der Waals surface area contributed by atoms with Crippen molar-refractivity contribution in [3.05, 3.63) is 65.1 Å². The van der Waals surface area contributed by atoms with Gasteiger partial charge in [-0.3, -0.25) is 4.79 Å². The number of amides is 1. The number of hydrogen-bond acceptors (Lipinski definition) is 6. The first-order valence-electron chi connectivity index (χ1n) is 12.0. The lowest BCUT2D eigenvalue weighted by atomic mass is 9.47. The van der Waals surface area contributed by atoms with Crippen LogP contribution in [-0.4, -0.2) is 33.8 Å². The molecule has 5 rings (SSSR count). The Morgan fingerprint density at radius 1 is 1.24 bits per heavy atom. The van der Waals surface area contributed by atoms with Crippen molar-refractivity contribution in [2.24, 2.45) is 16.7 Å². The maximum absolute atomic E-state index is 13.1. The van der Waals surface area contributed by atoms with Gasteiger partial charge in [-0.2, -0.15) is 0 Å². The van der Waals surface area contributed by atoms with Gasteiger partial charge < -0.3 is 19.9 Å². The van der Waals surface area contributed by atoms with Gasteiger partial charge in [-0.05, 0) is 42.7 Å². The minimum absolute atomic E-state index is 0.0414. The molecule has 2 aliphatic carbocycles. The Morgan fingerprint density at radius 2 is 2.03 bits per heavy atom. The first kappa shape index (κ1) is 23.3. The third-order valence-electron chi connectivity index (χ3n) is 8.34. The van der Waals surface area contributed by atoms with E-state index in [4.69, 9.17) is 9.40 Å². The summed E-state index contributed by atoms with van der Waals surface area (Å²) in [6, 6.07) is 13.8. The van der Waals surface area contributed by atoms with E-state index in [1.165, 1.54) is 4.88 Å². The molecule has 3 aromatic rings. The van der Waals surface area contributed by atoms with Gasteiger partial charge in [0.15, 0.2) is 0 Å². The molecule has 3 N–H and O–H groups in total. The Kier molecular flexibility index (Phi) is 6.12. The van der Waals surface area contributed by atoms with E-state index in [1.54, 1.807) is 17.6 Å². The Balaban J connectivity index is 1.52. The summed E-state index contributed by atoms with van der Waals surface area (Å²) in [5, 5.41) is 25.3. The highest BCUT2D eigenvalue weighted by atomic mass is 32.1. The molecule has 0 spiro atoms. The number of aliphatic hydroxyl groups is 2. The lowest BCUT2D eigenvalue weighted by molar-refractivity contribution is -0.144. The molecule has 0 radical (unpaired) electrons. The lowest BCUT2D eigenvalue weighted by Gasteiger charge is -2.58. The summed E-state index contributed by atoms with van der Waals surface area (Å²) in [6.07, 6.45) is 3.52. The second kappa shape index (κ2) is 8.95. The number of benzene rings is 1. The minimum Gasteiger partial charge on any atom is -0.467 e. The summed E-state index contributed by atoms with van der Waals surface area (Å²) in [7, 11) is 0. The van der Waals surface area contributed by atoms with Crippen LogP contribution in [0.15, 0.2) is 53.1 Å². The fourth-order valence-electron chi connectivity index (χ4n) is 6.21. The van der Waals surface area contributed by atoms with Gasteiger partial charge in [0.1, 0.15) is 10.8 Å². The fraction of sp³-hybridized carbons (Fsp3) is 0.481. The Bertz CT molecular complexity index is 1140. The molecule has 0 saturated heterocycles. The molecule has 34 heavy (non-hydrogen) atoms. The van der Waals surface area contributed by atoms with Crippen LogP contribution in [0.5, 0.6) is 0 Å². The van der Waals surface area contributed by atoms with Crippen molar-refractivity contribution < 1.29 is 19.4 Å². The number of nitrogens with zero attached hydrogens (tertiary/aromatic N) is 1. The maximum Gasteiger partial charge on any atom is 0.221 e.